The molecule has 4 heteroatoms. The number of nitrogens with one attached hydrogen (secondary N) is 1. The van der Waals surface area contributed by atoms with Crippen LogP contribution < -0.4 is 11.1 Å². The van der Waals surface area contributed by atoms with E-state index in [0.717, 1.165) is 24.2 Å². The Morgan fingerprint density at radius 1 is 1.53 bits per heavy atom. The van der Waals surface area contributed by atoms with E-state index in [9.17, 15) is 4.79 Å². The molecular weight excluding hydrogens is 238 g/mol. The van der Waals surface area contributed by atoms with Crippen molar-refractivity contribution in [2.45, 2.75) is 39.2 Å². The van der Waals surface area contributed by atoms with Gasteiger partial charge in [0.2, 0.25) is 5.91 Å². The van der Waals surface area contributed by atoms with Gasteiger partial charge in [-0.25, -0.2) is 0 Å². The van der Waals surface area contributed by atoms with Crippen LogP contribution in [0.1, 0.15) is 31.7 Å². The number of aryl methyl sites for hydroxylation is 1. The number of carbonyl (C=O) groups is 1. The van der Waals surface area contributed by atoms with E-state index in [4.69, 9.17) is 5.73 Å². The molecule has 104 valence electrons. The molecule has 1 fully saturated rings. The highest BCUT2D eigenvalue weighted by Crippen LogP contribution is 2.20. The molecule has 0 bridgehead atoms. The van der Waals surface area contributed by atoms with Crippen molar-refractivity contribution in [3.8, 4) is 0 Å². The van der Waals surface area contributed by atoms with Crippen molar-refractivity contribution < 1.29 is 4.79 Å². The van der Waals surface area contributed by atoms with Crippen molar-refractivity contribution in [1.29, 1.82) is 0 Å². The Labute approximate surface area is 115 Å². The second kappa shape index (κ2) is 6.06. The highest BCUT2D eigenvalue weighted by atomic mass is 16.2. The van der Waals surface area contributed by atoms with Crippen LogP contribution in [0.4, 0.5) is 11.4 Å². The van der Waals surface area contributed by atoms with E-state index < -0.39 is 0 Å². The molecule has 2 rings (SSSR count). The number of likely N-dealkylation sites (tertiary alicyclic amines) is 1. The van der Waals surface area contributed by atoms with Gasteiger partial charge in [0.15, 0.2) is 0 Å². The third kappa shape index (κ3) is 3.47. The molecule has 1 aromatic rings. The van der Waals surface area contributed by atoms with Gasteiger partial charge >= 0.3 is 0 Å². The van der Waals surface area contributed by atoms with Gasteiger partial charge in [0.05, 0.1) is 6.54 Å². The molecule has 1 unspecified atom stereocenters. The number of nitrogens with zero attached hydrogens (tertiary/aromatic N) is 1. The molecular formula is C15H23N3O. The quantitative estimate of drug-likeness (QED) is 0.818. The summed E-state index contributed by atoms with van der Waals surface area (Å²) in [7, 11) is 0. The Kier molecular flexibility index (Phi) is 4.43. The number of nitrogens with two attached hydrogens (primary N) is 1. The fourth-order valence-corrected chi connectivity index (χ4v) is 2.67. The van der Waals surface area contributed by atoms with Crippen LogP contribution in [0.2, 0.25) is 0 Å². The largest absolute Gasteiger partial charge is 0.398 e. The Morgan fingerprint density at radius 3 is 3.00 bits per heavy atom. The topological polar surface area (TPSA) is 58.4 Å². The molecule has 0 saturated carbocycles. The minimum Gasteiger partial charge on any atom is -0.398 e. The van der Waals surface area contributed by atoms with Crippen molar-refractivity contribution >= 4 is 17.3 Å². The minimum atomic E-state index is 0.0450. The van der Waals surface area contributed by atoms with Crippen molar-refractivity contribution in [3.05, 3.63) is 23.8 Å². The monoisotopic (exact) mass is 261 g/mol. The van der Waals surface area contributed by atoms with E-state index in [2.05, 4.69) is 17.1 Å². The van der Waals surface area contributed by atoms with E-state index in [1.54, 1.807) is 0 Å². The van der Waals surface area contributed by atoms with Crippen LogP contribution in [0.3, 0.4) is 0 Å². The molecule has 1 atom stereocenters. The zero-order chi connectivity index (χ0) is 13.8. The van der Waals surface area contributed by atoms with Gasteiger partial charge in [-0.3, -0.25) is 9.69 Å². The molecule has 0 aromatic heterocycles. The van der Waals surface area contributed by atoms with Crippen LogP contribution in [-0.2, 0) is 4.79 Å². The molecule has 19 heavy (non-hydrogen) atoms. The first-order valence-electron chi connectivity index (χ1n) is 7.00. The average Bonchev–Trinajstić information content (AvgIpc) is 2.81. The predicted molar refractivity (Wildman–Crippen MR) is 79.1 cm³/mol. The highest BCUT2D eigenvalue weighted by molar-refractivity contribution is 5.92. The first-order chi connectivity index (χ1) is 9.10. The standard InChI is InChI=1S/C15H23N3O/c1-3-13-5-4-8-18(13)10-15(19)17-12-7-6-11(2)14(16)9-12/h6-7,9,13H,3-5,8,10,16H2,1-2H3,(H,17,19). The maximum Gasteiger partial charge on any atom is 0.238 e. The van der Waals surface area contributed by atoms with Crippen LogP contribution in [0.15, 0.2) is 18.2 Å². The molecule has 1 amide bonds. The number of benzene rings is 1. The highest BCUT2D eigenvalue weighted by Gasteiger charge is 2.24. The van der Waals surface area contributed by atoms with Gasteiger partial charge < -0.3 is 11.1 Å². The van der Waals surface area contributed by atoms with Gasteiger partial charge in [0, 0.05) is 17.4 Å². The van der Waals surface area contributed by atoms with E-state index in [1.165, 1.54) is 12.8 Å². The molecule has 1 heterocycles. The minimum absolute atomic E-state index is 0.0450. The maximum atomic E-state index is 12.0. The average molecular weight is 261 g/mol. The molecule has 0 radical (unpaired) electrons. The number of rotatable bonds is 4. The summed E-state index contributed by atoms with van der Waals surface area (Å²) in [5.74, 6) is 0.0450. The van der Waals surface area contributed by atoms with E-state index in [-0.39, 0.29) is 5.91 Å². The Morgan fingerprint density at radius 2 is 2.32 bits per heavy atom. The molecule has 3 N–H and O–H groups in total. The zero-order valence-corrected chi connectivity index (χ0v) is 11.8. The number of carbonyl (C=O) groups excluding carboxylic acids is 1. The van der Waals surface area contributed by atoms with Crippen molar-refractivity contribution in [1.82, 2.24) is 4.90 Å². The van der Waals surface area contributed by atoms with E-state index in [0.29, 0.717) is 18.3 Å². The van der Waals surface area contributed by atoms with Gasteiger partial charge in [-0.1, -0.05) is 13.0 Å². The number of hydrogen-bond acceptors (Lipinski definition) is 3. The summed E-state index contributed by atoms with van der Waals surface area (Å²) >= 11 is 0. The molecule has 1 aliphatic heterocycles. The maximum absolute atomic E-state index is 12.0. The second-order valence-electron chi connectivity index (χ2n) is 5.29. The number of nitrogen functional groups attached to an aromatic ring is 1. The van der Waals surface area contributed by atoms with Gasteiger partial charge in [0.1, 0.15) is 0 Å². The summed E-state index contributed by atoms with van der Waals surface area (Å²) < 4.78 is 0. The zero-order valence-electron chi connectivity index (χ0n) is 11.8. The Hall–Kier alpha value is -1.55. The normalized spacial score (nSPS) is 19.6. The number of anilines is 2. The van der Waals surface area contributed by atoms with Gasteiger partial charge in [-0.05, 0) is 50.4 Å². The fourth-order valence-electron chi connectivity index (χ4n) is 2.67. The third-order valence-corrected chi connectivity index (χ3v) is 3.88. The summed E-state index contributed by atoms with van der Waals surface area (Å²) in [5, 5.41) is 2.92. The van der Waals surface area contributed by atoms with Gasteiger partial charge in [-0.2, -0.15) is 0 Å². The lowest BCUT2D eigenvalue weighted by molar-refractivity contribution is -0.117. The Balaban J connectivity index is 1.92. The first kappa shape index (κ1) is 13.9. The SMILES string of the molecule is CCC1CCCN1CC(=O)Nc1ccc(C)c(N)c1. The van der Waals surface area contributed by atoms with Crippen LogP contribution in [0, 0.1) is 6.92 Å². The molecule has 0 spiro atoms. The summed E-state index contributed by atoms with van der Waals surface area (Å²) in [6.07, 6.45) is 3.52. The fraction of sp³-hybridized carbons (Fsp3) is 0.533. The predicted octanol–water partition coefficient (Wildman–Crippen LogP) is 2.39. The second-order valence-corrected chi connectivity index (χ2v) is 5.29. The van der Waals surface area contributed by atoms with Gasteiger partial charge in [-0.15, -0.1) is 0 Å². The molecule has 1 aromatic carbocycles. The first-order valence-corrected chi connectivity index (χ1v) is 7.00. The van der Waals surface area contributed by atoms with Crippen molar-refractivity contribution in [2.75, 3.05) is 24.1 Å². The molecule has 1 aliphatic rings. The third-order valence-electron chi connectivity index (χ3n) is 3.88. The van der Waals surface area contributed by atoms with Crippen LogP contribution in [0.25, 0.3) is 0 Å². The lowest BCUT2D eigenvalue weighted by Crippen LogP contribution is -2.36. The van der Waals surface area contributed by atoms with Crippen molar-refractivity contribution in [2.24, 2.45) is 0 Å². The van der Waals surface area contributed by atoms with Crippen molar-refractivity contribution in [3.63, 3.8) is 0 Å². The summed E-state index contributed by atoms with van der Waals surface area (Å²) in [4.78, 5) is 14.3. The lowest BCUT2D eigenvalue weighted by Gasteiger charge is -2.22. The summed E-state index contributed by atoms with van der Waals surface area (Å²) in [6, 6.07) is 6.20. The van der Waals surface area contributed by atoms with E-state index in [1.807, 2.05) is 25.1 Å². The van der Waals surface area contributed by atoms with Crippen LogP contribution >= 0.6 is 0 Å². The van der Waals surface area contributed by atoms with Gasteiger partial charge in [0.25, 0.3) is 0 Å². The van der Waals surface area contributed by atoms with E-state index >= 15 is 0 Å². The number of hydrogen-bond donors (Lipinski definition) is 2. The summed E-state index contributed by atoms with van der Waals surface area (Å²) in [6.45, 7) is 5.65. The Bertz CT molecular complexity index is 459. The van der Waals surface area contributed by atoms with Crippen LogP contribution in [0.5, 0.6) is 0 Å². The smallest absolute Gasteiger partial charge is 0.238 e. The van der Waals surface area contributed by atoms with Crippen LogP contribution in [-0.4, -0.2) is 29.9 Å². The molecule has 4 nitrogen and oxygen atoms in total. The molecule has 1 saturated heterocycles. The molecule has 0 aliphatic carbocycles. The number of amides is 1. The summed E-state index contributed by atoms with van der Waals surface area (Å²) in [5.41, 5.74) is 8.36. The lowest BCUT2D eigenvalue weighted by atomic mass is 10.1.